The van der Waals surface area contributed by atoms with Crippen LogP contribution in [-0.2, 0) is 27.1 Å². The van der Waals surface area contributed by atoms with Crippen molar-refractivity contribution in [3.05, 3.63) is 32.9 Å². The average molecular weight is 484 g/mol. The normalized spacial score (nSPS) is 15.2. The van der Waals surface area contributed by atoms with Gasteiger partial charge in [0.1, 0.15) is 5.00 Å². The highest BCUT2D eigenvalue weighted by Crippen LogP contribution is 2.40. The molecule has 31 heavy (non-hydrogen) atoms. The number of hydrogen-bond donors (Lipinski definition) is 1. The summed E-state index contributed by atoms with van der Waals surface area (Å²) in [5.74, 6) is -1.35. The number of amides is 1. The molecule has 0 aromatic carbocycles. The Bertz CT molecular complexity index is 1010. The van der Waals surface area contributed by atoms with E-state index in [0.717, 1.165) is 29.7 Å². The molecule has 1 atom stereocenters. The summed E-state index contributed by atoms with van der Waals surface area (Å²) >= 11 is 8.58. The van der Waals surface area contributed by atoms with E-state index in [4.69, 9.17) is 21.1 Å². The summed E-state index contributed by atoms with van der Waals surface area (Å²) < 4.78 is 10.3. The van der Waals surface area contributed by atoms with E-state index in [-0.39, 0.29) is 17.3 Å². The van der Waals surface area contributed by atoms with Gasteiger partial charge in [-0.05, 0) is 43.9 Å². The fourth-order valence-corrected chi connectivity index (χ4v) is 5.14. The van der Waals surface area contributed by atoms with Crippen LogP contribution in [0.1, 0.15) is 51.6 Å². The molecule has 2 aromatic rings. The minimum absolute atomic E-state index is 0.0351. The van der Waals surface area contributed by atoms with Gasteiger partial charge in [-0.1, -0.05) is 30.3 Å². The van der Waals surface area contributed by atoms with Crippen molar-refractivity contribution < 1.29 is 23.9 Å². The number of hydrogen-bond acceptors (Lipinski definition) is 9. The van der Waals surface area contributed by atoms with Gasteiger partial charge in [0.15, 0.2) is 17.5 Å². The zero-order chi connectivity index (χ0) is 22.5. The summed E-state index contributed by atoms with van der Waals surface area (Å²) in [4.78, 5) is 46.3. The molecule has 0 radical (unpaired) electrons. The molecule has 1 aliphatic carbocycles. The van der Waals surface area contributed by atoms with Crippen LogP contribution >= 0.6 is 34.7 Å². The van der Waals surface area contributed by atoms with Crippen molar-refractivity contribution in [2.75, 3.05) is 24.8 Å². The van der Waals surface area contributed by atoms with E-state index in [1.807, 2.05) is 0 Å². The summed E-state index contributed by atoms with van der Waals surface area (Å²) in [5, 5.41) is 3.51. The van der Waals surface area contributed by atoms with Crippen molar-refractivity contribution in [3.8, 4) is 0 Å². The third-order valence-corrected chi connectivity index (χ3v) is 6.68. The fourth-order valence-electron chi connectivity index (χ4n) is 3.21. The van der Waals surface area contributed by atoms with E-state index in [1.54, 1.807) is 13.2 Å². The zero-order valence-electron chi connectivity index (χ0n) is 17.3. The molecule has 0 unspecified atom stereocenters. The maximum absolute atomic E-state index is 12.5. The number of anilines is 1. The van der Waals surface area contributed by atoms with Crippen molar-refractivity contribution in [1.82, 2.24) is 9.97 Å². The van der Waals surface area contributed by atoms with Crippen LogP contribution in [-0.4, -0.2) is 47.3 Å². The van der Waals surface area contributed by atoms with E-state index in [0.29, 0.717) is 21.6 Å². The first-order chi connectivity index (χ1) is 14.8. The van der Waals surface area contributed by atoms with Gasteiger partial charge in [0.2, 0.25) is 0 Å². The van der Waals surface area contributed by atoms with E-state index in [1.165, 1.54) is 29.3 Å². The molecule has 0 saturated heterocycles. The number of carbonyl (C=O) groups excluding carboxylic acids is 3. The molecule has 0 spiro atoms. The molecule has 0 saturated carbocycles. The minimum Gasteiger partial charge on any atom is -0.462 e. The molecule has 2 aromatic heterocycles. The number of fused-ring (bicyclic) bond motifs is 1. The van der Waals surface area contributed by atoms with Crippen molar-refractivity contribution in [1.29, 1.82) is 0 Å². The van der Waals surface area contributed by atoms with Crippen LogP contribution in [0.4, 0.5) is 5.00 Å². The fraction of sp³-hybridized carbons (Fsp3) is 0.450. The Balaban J connectivity index is 1.72. The second-order valence-corrected chi connectivity index (χ2v) is 9.24. The molecule has 0 fully saturated rings. The summed E-state index contributed by atoms with van der Waals surface area (Å²) in [6.07, 6.45) is 5.64. The summed E-state index contributed by atoms with van der Waals surface area (Å²) in [6.45, 7) is 3.58. The Labute approximate surface area is 193 Å². The lowest BCUT2D eigenvalue weighted by molar-refractivity contribution is -0.119. The van der Waals surface area contributed by atoms with Crippen molar-refractivity contribution in [2.45, 2.75) is 38.3 Å². The highest BCUT2D eigenvalue weighted by molar-refractivity contribution is 7.98. The average Bonchev–Trinajstić information content (AvgIpc) is 3.09. The number of aromatic nitrogens is 2. The standard InChI is InChI=1S/C20H22ClN3O5S2/c1-4-28-18(26)15-11-6-5-10(2)7-13(11)31-17(15)23-14(25)9-29-19(27)16-12(21)8-22-20(24-16)30-3/h8,10H,4-7,9H2,1-3H3,(H,23,25)/t10-/m0/s1. The van der Waals surface area contributed by atoms with E-state index in [9.17, 15) is 14.4 Å². The van der Waals surface area contributed by atoms with Crippen LogP contribution in [0.15, 0.2) is 11.4 Å². The van der Waals surface area contributed by atoms with Crippen LogP contribution in [0.2, 0.25) is 5.02 Å². The second-order valence-electron chi connectivity index (χ2n) is 6.95. The van der Waals surface area contributed by atoms with Crippen LogP contribution in [0.3, 0.4) is 0 Å². The van der Waals surface area contributed by atoms with Gasteiger partial charge in [-0.15, -0.1) is 11.3 Å². The molecule has 1 aliphatic rings. The number of halogens is 1. The van der Waals surface area contributed by atoms with Crippen LogP contribution in [0, 0.1) is 5.92 Å². The molecule has 2 heterocycles. The lowest BCUT2D eigenvalue weighted by Crippen LogP contribution is -2.22. The molecule has 8 nitrogen and oxygen atoms in total. The Kier molecular flexibility index (Phi) is 7.90. The van der Waals surface area contributed by atoms with Gasteiger partial charge >= 0.3 is 11.9 Å². The maximum atomic E-state index is 12.5. The van der Waals surface area contributed by atoms with Crippen LogP contribution in [0.5, 0.6) is 0 Å². The number of thiophene rings is 1. The Morgan fingerprint density at radius 2 is 2.10 bits per heavy atom. The van der Waals surface area contributed by atoms with Gasteiger partial charge in [0.25, 0.3) is 5.91 Å². The summed E-state index contributed by atoms with van der Waals surface area (Å²) in [6, 6.07) is 0. The molecular formula is C20H22ClN3O5S2. The quantitative estimate of drug-likeness (QED) is 0.357. The van der Waals surface area contributed by atoms with E-state index >= 15 is 0 Å². The van der Waals surface area contributed by atoms with Gasteiger partial charge in [0, 0.05) is 4.88 Å². The topological polar surface area (TPSA) is 107 Å². The Morgan fingerprint density at radius 1 is 1.32 bits per heavy atom. The lowest BCUT2D eigenvalue weighted by Gasteiger charge is -2.18. The van der Waals surface area contributed by atoms with Crippen molar-refractivity contribution in [2.24, 2.45) is 5.92 Å². The number of nitrogens with one attached hydrogen (secondary N) is 1. The monoisotopic (exact) mass is 483 g/mol. The molecule has 1 N–H and O–H groups in total. The molecule has 11 heteroatoms. The summed E-state index contributed by atoms with van der Waals surface area (Å²) in [5.41, 5.74) is 1.23. The first kappa shape index (κ1) is 23.5. The molecule has 1 amide bonds. The smallest absolute Gasteiger partial charge is 0.359 e. The minimum atomic E-state index is -0.831. The molecule has 3 rings (SSSR count). The third kappa shape index (κ3) is 5.55. The highest BCUT2D eigenvalue weighted by Gasteiger charge is 2.29. The Hall–Kier alpha value is -2.17. The van der Waals surface area contributed by atoms with Crippen molar-refractivity contribution >= 4 is 57.5 Å². The lowest BCUT2D eigenvalue weighted by atomic mass is 9.88. The number of rotatable bonds is 7. The first-order valence-corrected chi connectivity index (χ1v) is 12.1. The first-order valence-electron chi connectivity index (χ1n) is 9.69. The summed E-state index contributed by atoms with van der Waals surface area (Å²) in [7, 11) is 0. The second kappa shape index (κ2) is 10.4. The molecular weight excluding hydrogens is 462 g/mol. The van der Waals surface area contributed by atoms with Gasteiger partial charge in [-0.3, -0.25) is 4.79 Å². The number of esters is 2. The van der Waals surface area contributed by atoms with E-state index in [2.05, 4.69) is 22.2 Å². The number of ether oxygens (including phenoxy) is 2. The van der Waals surface area contributed by atoms with Gasteiger partial charge < -0.3 is 14.8 Å². The number of thioether (sulfide) groups is 1. The van der Waals surface area contributed by atoms with E-state index < -0.39 is 24.5 Å². The van der Waals surface area contributed by atoms with Crippen molar-refractivity contribution in [3.63, 3.8) is 0 Å². The number of nitrogens with zero attached hydrogens (tertiary/aromatic N) is 2. The van der Waals surface area contributed by atoms with Gasteiger partial charge in [-0.25, -0.2) is 19.6 Å². The number of carbonyl (C=O) groups is 3. The predicted octanol–water partition coefficient (Wildman–Crippen LogP) is 4.01. The maximum Gasteiger partial charge on any atom is 0.359 e. The largest absolute Gasteiger partial charge is 0.462 e. The Morgan fingerprint density at radius 3 is 2.81 bits per heavy atom. The third-order valence-electron chi connectivity index (χ3n) is 4.68. The molecule has 166 valence electrons. The van der Waals surface area contributed by atoms with Gasteiger partial charge in [-0.2, -0.15) is 0 Å². The molecule has 0 bridgehead atoms. The molecule has 0 aliphatic heterocycles. The zero-order valence-corrected chi connectivity index (χ0v) is 19.7. The van der Waals surface area contributed by atoms with Crippen LogP contribution in [0.25, 0.3) is 0 Å². The highest BCUT2D eigenvalue weighted by atomic mass is 35.5. The van der Waals surface area contributed by atoms with Crippen LogP contribution < -0.4 is 5.32 Å². The SMILES string of the molecule is CCOC(=O)c1c(NC(=O)COC(=O)c2nc(SC)ncc2Cl)sc2c1CC[C@H](C)C2. The predicted molar refractivity (Wildman–Crippen MR) is 119 cm³/mol. The van der Waals surface area contributed by atoms with Gasteiger partial charge in [0.05, 0.1) is 23.4 Å².